The Labute approximate surface area is 118 Å². The number of halogens is 1. The van der Waals surface area contributed by atoms with E-state index in [4.69, 9.17) is 5.73 Å². The van der Waals surface area contributed by atoms with E-state index in [0.717, 1.165) is 24.3 Å². The third kappa shape index (κ3) is 3.94. The Kier molecular flexibility index (Phi) is 5.79. The zero-order chi connectivity index (χ0) is 13.0. The first kappa shape index (κ1) is 15.5. The fraction of sp³-hybridized carbons (Fsp3) is 0.385. The van der Waals surface area contributed by atoms with Crippen LogP contribution in [0.4, 0.5) is 11.4 Å². The first-order valence-corrected chi connectivity index (χ1v) is 6.11. The summed E-state index contributed by atoms with van der Waals surface area (Å²) in [5.41, 5.74) is 6.91. The summed E-state index contributed by atoms with van der Waals surface area (Å²) in [5.74, 6) is 0.0671. The molecule has 0 unspecified atom stereocenters. The number of amides is 2. The minimum absolute atomic E-state index is 0. The highest BCUT2D eigenvalue weighted by Crippen LogP contribution is 2.22. The average Bonchev–Trinajstić information content (AvgIpc) is 2.77. The van der Waals surface area contributed by atoms with Crippen molar-refractivity contribution < 1.29 is 9.59 Å². The van der Waals surface area contributed by atoms with Crippen LogP contribution in [0.1, 0.15) is 19.3 Å². The second kappa shape index (κ2) is 7.11. The number of nitrogens with one attached hydrogen (secondary N) is 1. The van der Waals surface area contributed by atoms with Crippen molar-refractivity contribution in [1.29, 1.82) is 0 Å². The molecule has 6 heteroatoms. The highest BCUT2D eigenvalue weighted by Gasteiger charge is 2.21. The maximum absolute atomic E-state index is 11.6. The van der Waals surface area contributed by atoms with Crippen LogP contribution in [0, 0.1) is 0 Å². The van der Waals surface area contributed by atoms with Gasteiger partial charge in [-0.25, -0.2) is 0 Å². The average molecular weight is 284 g/mol. The van der Waals surface area contributed by atoms with E-state index >= 15 is 0 Å². The van der Waals surface area contributed by atoms with Crippen LogP contribution in [0.15, 0.2) is 24.3 Å². The van der Waals surface area contributed by atoms with Gasteiger partial charge in [-0.15, -0.1) is 12.4 Å². The molecule has 0 atom stereocenters. The predicted octanol–water partition coefficient (Wildman–Crippen LogP) is 1.52. The highest BCUT2D eigenvalue weighted by atomic mass is 35.5. The Morgan fingerprint density at radius 1 is 1.32 bits per heavy atom. The van der Waals surface area contributed by atoms with Crippen molar-refractivity contribution in [2.24, 2.45) is 5.73 Å². The van der Waals surface area contributed by atoms with Crippen LogP contribution in [0.25, 0.3) is 0 Å². The van der Waals surface area contributed by atoms with E-state index in [1.54, 1.807) is 17.0 Å². The number of carbonyl (C=O) groups is 2. The predicted molar refractivity (Wildman–Crippen MR) is 77.6 cm³/mol. The van der Waals surface area contributed by atoms with Crippen LogP contribution in [0.2, 0.25) is 0 Å². The molecule has 1 fully saturated rings. The lowest BCUT2D eigenvalue weighted by atomic mass is 10.2. The van der Waals surface area contributed by atoms with Crippen LogP contribution < -0.4 is 16.0 Å². The van der Waals surface area contributed by atoms with Gasteiger partial charge in [0.1, 0.15) is 0 Å². The SMILES string of the molecule is Cl.NCCC(=O)Nc1ccc(N2CCCC2=O)cc1. The summed E-state index contributed by atoms with van der Waals surface area (Å²) in [5, 5.41) is 2.75. The Balaban J connectivity index is 0.00000180. The van der Waals surface area contributed by atoms with Crippen LogP contribution in [0.3, 0.4) is 0 Å². The van der Waals surface area contributed by atoms with Crippen LogP contribution in [-0.4, -0.2) is 24.9 Å². The Morgan fingerprint density at radius 3 is 2.53 bits per heavy atom. The fourth-order valence-electron chi connectivity index (χ4n) is 2.00. The standard InChI is InChI=1S/C13H17N3O2.ClH/c14-8-7-12(17)15-10-3-5-11(6-4-10)16-9-1-2-13(16)18;/h3-6H,1-2,7-9,14H2,(H,15,17);1H. The zero-order valence-electron chi connectivity index (χ0n) is 10.6. The number of rotatable bonds is 4. The molecular formula is C13H18ClN3O2. The molecule has 19 heavy (non-hydrogen) atoms. The van der Waals surface area contributed by atoms with Crippen LogP contribution in [-0.2, 0) is 9.59 Å². The van der Waals surface area contributed by atoms with Crippen LogP contribution in [0.5, 0.6) is 0 Å². The second-order valence-corrected chi connectivity index (χ2v) is 4.28. The molecule has 3 N–H and O–H groups in total. The molecule has 2 amide bonds. The zero-order valence-corrected chi connectivity index (χ0v) is 11.4. The first-order chi connectivity index (χ1) is 8.70. The lowest BCUT2D eigenvalue weighted by molar-refractivity contribution is -0.117. The molecule has 0 radical (unpaired) electrons. The molecule has 1 heterocycles. The molecule has 1 aromatic rings. The lowest BCUT2D eigenvalue weighted by Gasteiger charge is -2.16. The maximum Gasteiger partial charge on any atom is 0.227 e. The number of carbonyl (C=O) groups excluding carboxylic acids is 2. The van der Waals surface area contributed by atoms with Gasteiger partial charge in [0.25, 0.3) is 0 Å². The normalized spacial score (nSPS) is 14.2. The molecule has 0 bridgehead atoms. The van der Waals surface area contributed by atoms with E-state index in [1.165, 1.54) is 0 Å². The van der Waals surface area contributed by atoms with Gasteiger partial charge in [0, 0.05) is 37.3 Å². The molecule has 2 rings (SSSR count). The van der Waals surface area contributed by atoms with Gasteiger partial charge < -0.3 is 16.0 Å². The molecule has 0 aliphatic carbocycles. The third-order valence-corrected chi connectivity index (χ3v) is 2.91. The molecule has 1 aromatic carbocycles. The van der Waals surface area contributed by atoms with Gasteiger partial charge in [0.05, 0.1) is 0 Å². The molecule has 1 aliphatic rings. The molecule has 1 saturated heterocycles. The number of nitrogens with zero attached hydrogens (tertiary/aromatic N) is 1. The number of anilines is 2. The third-order valence-electron chi connectivity index (χ3n) is 2.91. The van der Waals surface area contributed by atoms with Gasteiger partial charge in [0.2, 0.25) is 11.8 Å². The molecule has 1 aliphatic heterocycles. The van der Waals surface area contributed by atoms with Gasteiger partial charge in [-0.05, 0) is 30.7 Å². The molecule has 5 nitrogen and oxygen atoms in total. The number of hydrogen-bond donors (Lipinski definition) is 2. The van der Waals surface area contributed by atoms with E-state index in [-0.39, 0.29) is 24.2 Å². The molecule has 0 aromatic heterocycles. The molecular weight excluding hydrogens is 266 g/mol. The number of nitrogens with two attached hydrogens (primary N) is 1. The largest absolute Gasteiger partial charge is 0.330 e. The van der Waals surface area contributed by atoms with E-state index in [0.29, 0.717) is 19.4 Å². The summed E-state index contributed by atoms with van der Waals surface area (Å²) < 4.78 is 0. The molecule has 0 saturated carbocycles. The smallest absolute Gasteiger partial charge is 0.227 e. The van der Waals surface area contributed by atoms with Crippen molar-refractivity contribution >= 4 is 35.6 Å². The number of hydrogen-bond acceptors (Lipinski definition) is 3. The van der Waals surface area contributed by atoms with Crippen molar-refractivity contribution in [1.82, 2.24) is 0 Å². The van der Waals surface area contributed by atoms with Gasteiger partial charge in [-0.2, -0.15) is 0 Å². The van der Waals surface area contributed by atoms with Crippen molar-refractivity contribution in [2.45, 2.75) is 19.3 Å². The van der Waals surface area contributed by atoms with E-state index in [9.17, 15) is 9.59 Å². The van der Waals surface area contributed by atoms with Crippen molar-refractivity contribution in [2.75, 3.05) is 23.3 Å². The Hall–Kier alpha value is -1.59. The summed E-state index contributed by atoms with van der Waals surface area (Å²) >= 11 is 0. The maximum atomic E-state index is 11.6. The van der Waals surface area contributed by atoms with E-state index in [2.05, 4.69) is 5.32 Å². The Bertz CT molecular complexity index is 448. The minimum atomic E-state index is -0.0949. The van der Waals surface area contributed by atoms with E-state index in [1.807, 2.05) is 12.1 Å². The summed E-state index contributed by atoms with van der Waals surface area (Å²) in [7, 11) is 0. The first-order valence-electron chi connectivity index (χ1n) is 6.11. The van der Waals surface area contributed by atoms with Gasteiger partial charge in [-0.1, -0.05) is 0 Å². The fourth-order valence-corrected chi connectivity index (χ4v) is 2.00. The quantitative estimate of drug-likeness (QED) is 0.880. The summed E-state index contributed by atoms with van der Waals surface area (Å²) in [4.78, 5) is 24.7. The lowest BCUT2D eigenvalue weighted by Crippen LogP contribution is -2.23. The summed E-state index contributed by atoms with van der Waals surface area (Å²) in [6, 6.07) is 7.30. The highest BCUT2D eigenvalue weighted by molar-refractivity contribution is 5.96. The van der Waals surface area contributed by atoms with E-state index < -0.39 is 0 Å². The van der Waals surface area contributed by atoms with Gasteiger partial charge in [0.15, 0.2) is 0 Å². The van der Waals surface area contributed by atoms with Crippen LogP contribution >= 0.6 is 12.4 Å². The minimum Gasteiger partial charge on any atom is -0.330 e. The second-order valence-electron chi connectivity index (χ2n) is 4.28. The van der Waals surface area contributed by atoms with Crippen molar-refractivity contribution in [3.05, 3.63) is 24.3 Å². The molecule has 104 valence electrons. The Morgan fingerprint density at radius 2 is 2.00 bits per heavy atom. The molecule has 0 spiro atoms. The number of benzene rings is 1. The van der Waals surface area contributed by atoms with Crippen molar-refractivity contribution in [3.63, 3.8) is 0 Å². The summed E-state index contributed by atoms with van der Waals surface area (Å²) in [6.07, 6.45) is 1.84. The van der Waals surface area contributed by atoms with Crippen molar-refractivity contribution in [3.8, 4) is 0 Å². The monoisotopic (exact) mass is 283 g/mol. The topological polar surface area (TPSA) is 75.4 Å². The van der Waals surface area contributed by atoms with Gasteiger partial charge >= 0.3 is 0 Å². The van der Waals surface area contributed by atoms with Gasteiger partial charge in [-0.3, -0.25) is 9.59 Å². The summed E-state index contributed by atoms with van der Waals surface area (Å²) in [6.45, 7) is 1.11.